The zero-order valence-corrected chi connectivity index (χ0v) is 21.6. The van der Waals surface area contributed by atoms with Gasteiger partial charge >= 0.3 is 12.1 Å². The smallest absolute Gasteiger partial charge is 0.411 e. The van der Waals surface area contributed by atoms with Crippen molar-refractivity contribution >= 4 is 11.8 Å². The first-order valence-corrected chi connectivity index (χ1v) is 12.4. The van der Waals surface area contributed by atoms with E-state index in [1.54, 1.807) is 0 Å². The molecule has 1 unspecified atom stereocenters. The highest BCUT2D eigenvalue weighted by Gasteiger charge is 2.56. The third-order valence-corrected chi connectivity index (χ3v) is 6.38. The molecule has 2 heterocycles. The first-order valence-electron chi connectivity index (χ1n) is 12.4. The second kappa shape index (κ2) is 12.0. The van der Waals surface area contributed by atoms with Gasteiger partial charge in [-0.25, -0.2) is 36.7 Å². The highest BCUT2D eigenvalue weighted by Crippen LogP contribution is 2.46. The van der Waals surface area contributed by atoms with Gasteiger partial charge in [0.25, 0.3) is 12.9 Å². The minimum absolute atomic E-state index is 0.0189. The molecule has 8 nitrogen and oxygen atoms in total. The van der Waals surface area contributed by atoms with Gasteiger partial charge in [0.05, 0.1) is 36.1 Å². The van der Waals surface area contributed by atoms with Crippen molar-refractivity contribution < 1.29 is 58.9 Å². The molecule has 16 heteroatoms. The first kappa shape index (κ1) is 30.8. The summed E-state index contributed by atoms with van der Waals surface area (Å²) >= 11 is 0. The van der Waals surface area contributed by atoms with Gasteiger partial charge in [-0.1, -0.05) is 18.2 Å². The minimum Gasteiger partial charge on any atom is -0.451 e. The summed E-state index contributed by atoms with van der Waals surface area (Å²) in [5.41, 5.74) is -3.98. The molecule has 1 N–H and O–H groups in total. The molecule has 4 rings (SSSR count). The maximum Gasteiger partial charge on any atom is 0.411 e. The van der Waals surface area contributed by atoms with Crippen LogP contribution in [0.2, 0.25) is 0 Å². The molecule has 1 saturated heterocycles. The number of aryl methyl sites for hydroxylation is 1. The van der Waals surface area contributed by atoms with Gasteiger partial charge in [0.2, 0.25) is 0 Å². The van der Waals surface area contributed by atoms with Crippen molar-refractivity contribution in [3.8, 4) is 0 Å². The summed E-state index contributed by atoms with van der Waals surface area (Å²) in [6, 6.07) is 2.30. The van der Waals surface area contributed by atoms with Crippen LogP contribution in [0.1, 0.15) is 72.8 Å². The van der Waals surface area contributed by atoms with Crippen LogP contribution in [0.5, 0.6) is 0 Å². The van der Waals surface area contributed by atoms with E-state index in [1.165, 1.54) is 26.0 Å². The average Bonchev–Trinajstić information content (AvgIpc) is 3.46. The second-order valence-electron chi connectivity index (χ2n) is 9.50. The summed E-state index contributed by atoms with van der Waals surface area (Å²) < 4.78 is 129. The van der Waals surface area contributed by atoms with E-state index < -0.39 is 72.7 Å². The zero-order chi connectivity index (χ0) is 30.1. The Morgan fingerprint density at radius 2 is 1.76 bits per heavy atom. The van der Waals surface area contributed by atoms with Crippen LogP contribution in [0.4, 0.5) is 40.9 Å². The van der Waals surface area contributed by atoms with Crippen molar-refractivity contribution in [3.63, 3.8) is 0 Å². The Bertz CT molecular complexity index is 1250. The lowest BCUT2D eigenvalue weighted by molar-refractivity contribution is -0.203. The number of hydrogen-bond acceptors (Lipinski definition) is 8. The van der Waals surface area contributed by atoms with E-state index in [1.807, 2.05) is 0 Å². The minimum atomic E-state index is -4.93. The molecule has 2 aromatic rings. The SMILES string of the molecule is Cc1nc(N[C@H](C)c2cccc(C(F)F)c2F)c(C2OCCO2)c(C(OCC(F)(F)F)C(=O)OC2(C(F)F)CC2)n1. The van der Waals surface area contributed by atoms with Crippen LogP contribution in [0, 0.1) is 12.7 Å². The van der Waals surface area contributed by atoms with Gasteiger partial charge in [0, 0.05) is 5.56 Å². The maximum absolute atomic E-state index is 14.9. The molecular formula is C25H25F8N3O5. The Balaban J connectivity index is 1.78. The van der Waals surface area contributed by atoms with Crippen LogP contribution in [0.25, 0.3) is 0 Å². The van der Waals surface area contributed by atoms with E-state index in [4.69, 9.17) is 18.9 Å². The normalized spacial score (nSPS) is 18.5. The lowest BCUT2D eigenvalue weighted by Crippen LogP contribution is -2.34. The van der Waals surface area contributed by atoms with Crippen molar-refractivity contribution in [1.29, 1.82) is 0 Å². The fourth-order valence-corrected chi connectivity index (χ4v) is 4.20. The van der Waals surface area contributed by atoms with Gasteiger partial charge in [0.1, 0.15) is 24.1 Å². The average molecular weight is 599 g/mol. The number of nitrogens with one attached hydrogen (secondary N) is 1. The van der Waals surface area contributed by atoms with Gasteiger partial charge < -0.3 is 24.3 Å². The van der Waals surface area contributed by atoms with Crippen molar-refractivity contribution in [2.24, 2.45) is 0 Å². The Hall–Kier alpha value is -3.11. The van der Waals surface area contributed by atoms with Crippen LogP contribution >= 0.6 is 0 Å². The van der Waals surface area contributed by atoms with Crippen LogP contribution in [0.3, 0.4) is 0 Å². The highest BCUT2D eigenvalue weighted by molar-refractivity contribution is 5.78. The molecule has 1 aliphatic heterocycles. The standard InChI is InChI=1S/C25H25F8N3O5/c1-11(13-4-3-5-14(16(13)26)19(27)28)34-20-15(22-38-8-9-39-22)17(35-12(2)36-20)18(40-10-25(31,32)33)21(37)41-24(6-7-24)23(29)30/h3-5,11,18-19,22-23H,6-10H2,1-2H3,(H,34,35,36)/t11-,18?/m1/s1. The summed E-state index contributed by atoms with van der Waals surface area (Å²) in [6.45, 7) is 0.783. The topological polar surface area (TPSA) is 91.8 Å². The second-order valence-corrected chi connectivity index (χ2v) is 9.50. The maximum atomic E-state index is 14.9. The molecule has 1 saturated carbocycles. The number of benzene rings is 1. The van der Waals surface area contributed by atoms with Crippen LogP contribution in [-0.2, 0) is 23.7 Å². The summed E-state index contributed by atoms with van der Waals surface area (Å²) in [5, 5.41) is 2.79. The van der Waals surface area contributed by atoms with Crippen LogP contribution in [0.15, 0.2) is 18.2 Å². The van der Waals surface area contributed by atoms with Crippen molar-refractivity contribution in [2.75, 3.05) is 25.1 Å². The number of ether oxygens (including phenoxy) is 4. The summed E-state index contributed by atoms with van der Waals surface area (Å²) in [7, 11) is 0. The van der Waals surface area contributed by atoms with E-state index in [9.17, 15) is 39.9 Å². The van der Waals surface area contributed by atoms with E-state index in [-0.39, 0.29) is 48.8 Å². The summed E-state index contributed by atoms with van der Waals surface area (Å²) in [4.78, 5) is 21.3. The molecule has 2 fully saturated rings. The van der Waals surface area contributed by atoms with Gasteiger partial charge in [-0.3, -0.25) is 0 Å². The molecular weight excluding hydrogens is 574 g/mol. The fourth-order valence-electron chi connectivity index (χ4n) is 4.20. The molecule has 41 heavy (non-hydrogen) atoms. The third-order valence-electron chi connectivity index (χ3n) is 6.38. The van der Waals surface area contributed by atoms with Crippen molar-refractivity contribution in [2.45, 2.75) is 69.8 Å². The molecule has 0 radical (unpaired) electrons. The molecule has 1 aromatic carbocycles. The first-order chi connectivity index (χ1) is 19.2. The number of anilines is 1. The Morgan fingerprint density at radius 3 is 2.32 bits per heavy atom. The highest BCUT2D eigenvalue weighted by atomic mass is 19.4. The predicted molar refractivity (Wildman–Crippen MR) is 124 cm³/mol. The lowest BCUT2D eigenvalue weighted by atomic mass is 10.0. The molecule has 1 aliphatic carbocycles. The molecule has 2 aliphatic rings. The molecule has 2 atom stereocenters. The molecule has 1 aromatic heterocycles. The van der Waals surface area contributed by atoms with E-state index >= 15 is 0 Å². The summed E-state index contributed by atoms with van der Waals surface area (Å²) in [6.07, 6.45) is -15.2. The van der Waals surface area contributed by atoms with Gasteiger partial charge in [-0.2, -0.15) is 13.2 Å². The van der Waals surface area contributed by atoms with Gasteiger partial charge in [-0.05, 0) is 26.7 Å². The molecule has 0 amide bonds. The Kier molecular flexibility index (Phi) is 9.04. The number of esters is 1. The van der Waals surface area contributed by atoms with E-state index in [0.29, 0.717) is 0 Å². The van der Waals surface area contributed by atoms with Gasteiger partial charge in [0.15, 0.2) is 18.0 Å². The van der Waals surface area contributed by atoms with Crippen LogP contribution < -0.4 is 5.32 Å². The lowest BCUT2D eigenvalue weighted by Gasteiger charge is -2.26. The van der Waals surface area contributed by atoms with E-state index in [2.05, 4.69) is 15.3 Å². The number of carbonyl (C=O) groups excluding carboxylic acids is 1. The summed E-state index contributed by atoms with van der Waals surface area (Å²) in [5.74, 6) is -3.09. The number of hydrogen-bond donors (Lipinski definition) is 1. The zero-order valence-electron chi connectivity index (χ0n) is 21.6. The van der Waals surface area contributed by atoms with Gasteiger partial charge in [-0.15, -0.1) is 0 Å². The Morgan fingerprint density at radius 1 is 1.12 bits per heavy atom. The van der Waals surface area contributed by atoms with Crippen molar-refractivity contribution in [3.05, 3.63) is 52.2 Å². The monoisotopic (exact) mass is 599 g/mol. The number of nitrogens with zero attached hydrogens (tertiary/aromatic N) is 2. The fraction of sp³-hybridized carbons (Fsp3) is 0.560. The molecule has 0 bridgehead atoms. The third kappa shape index (κ3) is 7.04. The number of rotatable bonds is 11. The number of alkyl halides is 7. The number of halogens is 8. The van der Waals surface area contributed by atoms with Crippen LogP contribution in [-0.4, -0.2) is 54.0 Å². The Labute approximate surface area is 228 Å². The quantitative estimate of drug-likeness (QED) is 0.247. The molecule has 226 valence electrons. The predicted octanol–water partition coefficient (Wildman–Crippen LogP) is 6.04. The van der Waals surface area contributed by atoms with E-state index in [0.717, 1.165) is 6.07 Å². The number of carbonyl (C=O) groups is 1. The molecule has 0 spiro atoms. The number of aromatic nitrogens is 2. The largest absolute Gasteiger partial charge is 0.451 e. The van der Waals surface area contributed by atoms with Crippen molar-refractivity contribution in [1.82, 2.24) is 9.97 Å².